The zero-order valence-corrected chi connectivity index (χ0v) is 11.9. The number of nitrogens with two attached hydrogens (primary N) is 1. The minimum absolute atomic E-state index is 0.431. The van der Waals surface area contributed by atoms with Crippen molar-refractivity contribution < 1.29 is 4.74 Å². The number of para-hydroxylation sites is 1. The molecular formula is C16H21N3O. The molecule has 4 heteroatoms. The van der Waals surface area contributed by atoms with E-state index < -0.39 is 0 Å². The Labute approximate surface area is 119 Å². The number of morpholine rings is 1. The Morgan fingerprint density at radius 2 is 2.25 bits per heavy atom. The fourth-order valence-corrected chi connectivity index (χ4v) is 2.86. The number of benzene rings is 1. The summed E-state index contributed by atoms with van der Waals surface area (Å²) >= 11 is 0. The molecule has 0 bridgehead atoms. The molecular weight excluding hydrogens is 250 g/mol. The highest BCUT2D eigenvalue weighted by Crippen LogP contribution is 2.30. The lowest BCUT2D eigenvalue weighted by molar-refractivity contribution is 0.0931. The second-order valence-electron chi connectivity index (χ2n) is 5.18. The van der Waals surface area contributed by atoms with Gasteiger partial charge in [0.2, 0.25) is 0 Å². The van der Waals surface area contributed by atoms with Crippen LogP contribution in [0, 0.1) is 0 Å². The number of fused-ring (bicyclic) bond motifs is 1. The van der Waals surface area contributed by atoms with Crippen LogP contribution in [0.1, 0.15) is 19.0 Å². The molecule has 1 unspecified atom stereocenters. The summed E-state index contributed by atoms with van der Waals surface area (Å²) < 4.78 is 5.61. The second kappa shape index (κ2) is 5.77. The monoisotopic (exact) mass is 271 g/mol. The third-order valence-corrected chi connectivity index (χ3v) is 3.96. The fraction of sp³-hybridized carbons (Fsp3) is 0.438. The van der Waals surface area contributed by atoms with E-state index in [0.717, 1.165) is 37.4 Å². The van der Waals surface area contributed by atoms with Crippen molar-refractivity contribution in [2.75, 3.05) is 24.7 Å². The molecule has 0 aliphatic carbocycles. The Morgan fingerprint density at radius 1 is 1.40 bits per heavy atom. The highest BCUT2D eigenvalue weighted by atomic mass is 16.5. The summed E-state index contributed by atoms with van der Waals surface area (Å²) in [5.41, 5.74) is 9.01. The molecule has 1 atom stereocenters. The molecule has 20 heavy (non-hydrogen) atoms. The first-order chi connectivity index (χ1) is 9.83. The summed E-state index contributed by atoms with van der Waals surface area (Å²) in [5.74, 6) is 0. The normalized spacial score (nSPS) is 19.5. The van der Waals surface area contributed by atoms with Gasteiger partial charge in [0, 0.05) is 24.2 Å². The maximum atomic E-state index is 5.80. The zero-order valence-electron chi connectivity index (χ0n) is 11.9. The van der Waals surface area contributed by atoms with Crippen LogP contribution in [-0.2, 0) is 11.3 Å². The van der Waals surface area contributed by atoms with Gasteiger partial charge in [-0.3, -0.25) is 4.98 Å². The van der Waals surface area contributed by atoms with Gasteiger partial charge in [-0.1, -0.05) is 25.1 Å². The fourth-order valence-electron chi connectivity index (χ4n) is 2.86. The van der Waals surface area contributed by atoms with Crippen molar-refractivity contribution in [1.82, 2.24) is 4.98 Å². The van der Waals surface area contributed by atoms with Crippen molar-refractivity contribution in [2.24, 2.45) is 5.73 Å². The zero-order chi connectivity index (χ0) is 13.9. The van der Waals surface area contributed by atoms with Crippen LogP contribution in [0.5, 0.6) is 0 Å². The largest absolute Gasteiger partial charge is 0.377 e. The van der Waals surface area contributed by atoms with Crippen molar-refractivity contribution >= 4 is 16.6 Å². The van der Waals surface area contributed by atoms with Crippen molar-refractivity contribution in [3.63, 3.8) is 0 Å². The number of ether oxygens (including phenoxy) is 1. The summed E-state index contributed by atoms with van der Waals surface area (Å²) in [4.78, 5) is 7.07. The SMILES string of the molecule is CCC1COCCN1c1cc(CN)nc2ccccc12. The minimum Gasteiger partial charge on any atom is -0.377 e. The first-order valence-electron chi connectivity index (χ1n) is 7.26. The van der Waals surface area contributed by atoms with Crippen molar-refractivity contribution in [1.29, 1.82) is 0 Å². The van der Waals surface area contributed by atoms with Gasteiger partial charge in [-0.15, -0.1) is 0 Å². The predicted octanol–water partition coefficient (Wildman–Crippen LogP) is 2.31. The smallest absolute Gasteiger partial charge is 0.0726 e. The van der Waals surface area contributed by atoms with Crippen LogP contribution >= 0.6 is 0 Å². The van der Waals surface area contributed by atoms with Gasteiger partial charge in [0.25, 0.3) is 0 Å². The number of nitrogens with zero attached hydrogens (tertiary/aromatic N) is 2. The van der Waals surface area contributed by atoms with Gasteiger partial charge < -0.3 is 15.4 Å². The Kier molecular flexibility index (Phi) is 3.85. The molecule has 0 amide bonds. The molecule has 4 nitrogen and oxygen atoms in total. The highest BCUT2D eigenvalue weighted by molar-refractivity contribution is 5.92. The van der Waals surface area contributed by atoms with Crippen LogP contribution < -0.4 is 10.6 Å². The maximum Gasteiger partial charge on any atom is 0.0726 e. The van der Waals surface area contributed by atoms with E-state index in [1.807, 2.05) is 6.07 Å². The van der Waals surface area contributed by atoms with Crippen molar-refractivity contribution in [2.45, 2.75) is 25.9 Å². The van der Waals surface area contributed by atoms with E-state index in [1.54, 1.807) is 0 Å². The molecule has 0 saturated carbocycles. The number of pyridine rings is 1. The van der Waals surface area contributed by atoms with E-state index in [4.69, 9.17) is 10.5 Å². The third-order valence-electron chi connectivity index (χ3n) is 3.96. The average Bonchev–Trinajstić information content (AvgIpc) is 2.53. The Morgan fingerprint density at radius 3 is 3.05 bits per heavy atom. The lowest BCUT2D eigenvalue weighted by atomic mass is 10.1. The lowest BCUT2D eigenvalue weighted by Crippen LogP contribution is -2.45. The van der Waals surface area contributed by atoms with Crippen molar-refractivity contribution in [3.05, 3.63) is 36.0 Å². The summed E-state index contributed by atoms with van der Waals surface area (Å²) in [6, 6.07) is 10.9. The quantitative estimate of drug-likeness (QED) is 0.930. The van der Waals surface area contributed by atoms with Gasteiger partial charge in [0.1, 0.15) is 0 Å². The van der Waals surface area contributed by atoms with E-state index in [1.165, 1.54) is 11.1 Å². The summed E-state index contributed by atoms with van der Waals surface area (Å²) in [7, 11) is 0. The molecule has 1 saturated heterocycles. The number of hydrogen-bond donors (Lipinski definition) is 1. The van der Waals surface area contributed by atoms with Gasteiger partial charge >= 0.3 is 0 Å². The van der Waals surface area contributed by atoms with Gasteiger partial charge in [-0.25, -0.2) is 0 Å². The van der Waals surface area contributed by atoms with Gasteiger partial charge in [-0.2, -0.15) is 0 Å². The minimum atomic E-state index is 0.431. The van der Waals surface area contributed by atoms with E-state index in [0.29, 0.717) is 12.6 Å². The van der Waals surface area contributed by atoms with Gasteiger partial charge in [-0.05, 0) is 18.6 Å². The molecule has 0 spiro atoms. The standard InChI is InChI=1S/C16H21N3O/c1-2-13-11-20-8-7-19(13)16-9-12(10-17)18-15-6-4-3-5-14(15)16/h3-6,9,13H,2,7-8,10-11,17H2,1H3. The van der Waals surface area contributed by atoms with Gasteiger partial charge in [0.15, 0.2) is 0 Å². The molecule has 2 heterocycles. The lowest BCUT2D eigenvalue weighted by Gasteiger charge is -2.37. The average molecular weight is 271 g/mol. The topological polar surface area (TPSA) is 51.4 Å². The van der Waals surface area contributed by atoms with E-state index in [-0.39, 0.29) is 0 Å². The molecule has 1 aromatic carbocycles. The van der Waals surface area contributed by atoms with E-state index in [9.17, 15) is 0 Å². The molecule has 1 fully saturated rings. The first-order valence-corrected chi connectivity index (χ1v) is 7.26. The molecule has 1 aliphatic heterocycles. The van der Waals surface area contributed by atoms with Crippen LogP contribution in [-0.4, -0.2) is 30.8 Å². The molecule has 2 aromatic rings. The molecule has 106 valence electrons. The van der Waals surface area contributed by atoms with E-state index in [2.05, 4.69) is 41.1 Å². The third kappa shape index (κ3) is 2.37. The number of aromatic nitrogens is 1. The van der Waals surface area contributed by atoms with Crippen LogP contribution in [0.3, 0.4) is 0 Å². The number of anilines is 1. The maximum absolute atomic E-state index is 5.80. The number of rotatable bonds is 3. The van der Waals surface area contributed by atoms with Crippen LogP contribution in [0.2, 0.25) is 0 Å². The summed E-state index contributed by atoms with van der Waals surface area (Å²) in [5, 5.41) is 1.20. The first kappa shape index (κ1) is 13.3. The van der Waals surface area contributed by atoms with Gasteiger partial charge in [0.05, 0.1) is 30.5 Å². The Bertz CT molecular complexity index is 599. The van der Waals surface area contributed by atoms with E-state index >= 15 is 0 Å². The highest BCUT2D eigenvalue weighted by Gasteiger charge is 2.23. The molecule has 1 aliphatic rings. The molecule has 2 N–H and O–H groups in total. The molecule has 3 rings (SSSR count). The second-order valence-corrected chi connectivity index (χ2v) is 5.18. The Hall–Kier alpha value is -1.65. The predicted molar refractivity (Wildman–Crippen MR) is 81.9 cm³/mol. The summed E-state index contributed by atoms with van der Waals surface area (Å²) in [6.45, 7) is 5.19. The molecule has 1 aromatic heterocycles. The van der Waals surface area contributed by atoms with Crippen LogP contribution in [0.25, 0.3) is 10.9 Å². The van der Waals surface area contributed by atoms with Crippen molar-refractivity contribution in [3.8, 4) is 0 Å². The van der Waals surface area contributed by atoms with Crippen LogP contribution in [0.4, 0.5) is 5.69 Å². The Balaban J connectivity index is 2.13. The summed E-state index contributed by atoms with van der Waals surface area (Å²) in [6.07, 6.45) is 1.08. The molecule has 0 radical (unpaired) electrons. The van der Waals surface area contributed by atoms with Crippen LogP contribution in [0.15, 0.2) is 30.3 Å². The number of hydrogen-bond acceptors (Lipinski definition) is 4.